The highest BCUT2D eigenvalue weighted by Crippen LogP contribution is 2.47. The van der Waals surface area contributed by atoms with E-state index in [-0.39, 0.29) is 5.57 Å². The maximum Gasteiger partial charge on any atom is 0.474 e. The van der Waals surface area contributed by atoms with Gasteiger partial charge in [0.15, 0.2) is 0 Å². The van der Waals surface area contributed by atoms with Gasteiger partial charge in [-0.25, -0.2) is 9.36 Å². The van der Waals surface area contributed by atoms with Gasteiger partial charge in [0, 0.05) is 12.7 Å². The lowest BCUT2D eigenvalue weighted by Gasteiger charge is -2.12. The Morgan fingerprint density at radius 2 is 1.62 bits per heavy atom. The van der Waals surface area contributed by atoms with Crippen LogP contribution in [0.3, 0.4) is 0 Å². The van der Waals surface area contributed by atoms with Gasteiger partial charge in [-0.15, -0.1) is 0 Å². The van der Waals surface area contributed by atoms with E-state index in [9.17, 15) is 9.36 Å². The fourth-order valence-corrected chi connectivity index (χ4v) is 1.38. The highest BCUT2D eigenvalue weighted by molar-refractivity contribution is 7.48. The lowest BCUT2D eigenvalue weighted by atomic mass is 10.4. The largest absolute Gasteiger partial charge is 0.478 e. The third-order valence-corrected chi connectivity index (χ3v) is 2.76. The molecule has 0 radical (unpaired) electrons. The molecule has 6 nitrogen and oxygen atoms in total. The molecule has 0 amide bonds. The van der Waals surface area contributed by atoms with Crippen molar-refractivity contribution in [2.75, 3.05) is 20.3 Å². The van der Waals surface area contributed by atoms with Crippen LogP contribution < -0.4 is 0 Å². The lowest BCUT2D eigenvalue weighted by molar-refractivity contribution is -0.132. The Morgan fingerprint density at radius 3 is 1.75 bits per heavy atom. The molecule has 0 spiro atoms. The van der Waals surface area contributed by atoms with Crippen molar-refractivity contribution in [3.05, 3.63) is 12.2 Å². The third-order valence-electron chi connectivity index (χ3n) is 1.16. The summed E-state index contributed by atoms with van der Waals surface area (Å²) in [4.78, 5) is 9.60. The molecular weight excluding hydrogens is 235 g/mol. The maximum absolute atomic E-state index is 11.1. The third kappa shape index (κ3) is 9.86. The van der Waals surface area contributed by atoms with Crippen molar-refractivity contribution in [3.63, 3.8) is 0 Å². The van der Waals surface area contributed by atoms with E-state index in [4.69, 9.17) is 14.2 Å². The van der Waals surface area contributed by atoms with Gasteiger partial charge < -0.3 is 5.11 Å². The first-order chi connectivity index (χ1) is 7.32. The van der Waals surface area contributed by atoms with Crippen molar-refractivity contribution >= 4 is 13.8 Å². The quantitative estimate of drug-likeness (QED) is 0.579. The van der Waals surface area contributed by atoms with Gasteiger partial charge in [0.05, 0.1) is 13.2 Å². The summed E-state index contributed by atoms with van der Waals surface area (Å²) in [5, 5.41) is 7.89. The Morgan fingerprint density at radius 1 is 1.31 bits per heavy atom. The zero-order valence-electron chi connectivity index (χ0n) is 10.1. The standard InChI is InChI=1S/C5H13O4P.C4H6O2/c1-4-8-10(6,7-3)9-5-2;1-3(2)4(5)6/h4-5H2,1-3H3;1H2,2H3,(H,5,6). The second kappa shape index (κ2) is 9.54. The molecule has 0 aliphatic heterocycles. The average Bonchev–Trinajstić information content (AvgIpc) is 2.19. The number of phosphoric ester groups is 1. The first-order valence-electron chi connectivity index (χ1n) is 4.66. The molecule has 0 atom stereocenters. The van der Waals surface area contributed by atoms with Crippen molar-refractivity contribution in [1.29, 1.82) is 0 Å². The van der Waals surface area contributed by atoms with Gasteiger partial charge >= 0.3 is 13.8 Å². The SMILES string of the molecule is C=C(C)C(=O)O.CCOP(=O)(OC)OCC. The number of aliphatic carboxylic acids is 1. The van der Waals surface area contributed by atoms with Crippen molar-refractivity contribution < 1.29 is 28.0 Å². The summed E-state index contributed by atoms with van der Waals surface area (Å²) in [7, 11) is -1.90. The molecule has 7 heteroatoms. The summed E-state index contributed by atoms with van der Waals surface area (Å²) in [6.07, 6.45) is 0. The molecule has 0 aliphatic rings. The Bertz CT molecular complexity index is 241. The zero-order valence-corrected chi connectivity index (χ0v) is 11.0. The summed E-state index contributed by atoms with van der Waals surface area (Å²) >= 11 is 0. The molecule has 0 aliphatic carbocycles. The molecule has 16 heavy (non-hydrogen) atoms. The van der Waals surface area contributed by atoms with Crippen LogP contribution in [-0.2, 0) is 22.9 Å². The van der Waals surface area contributed by atoms with Crippen LogP contribution in [0.25, 0.3) is 0 Å². The summed E-state index contributed by atoms with van der Waals surface area (Å²) in [6.45, 7) is 8.70. The van der Waals surface area contributed by atoms with Gasteiger partial charge in [-0.1, -0.05) is 6.58 Å². The molecule has 0 aromatic carbocycles. The van der Waals surface area contributed by atoms with Crippen LogP contribution in [0.1, 0.15) is 20.8 Å². The topological polar surface area (TPSA) is 82.1 Å². The number of hydrogen-bond acceptors (Lipinski definition) is 5. The number of hydrogen-bond donors (Lipinski definition) is 1. The summed E-state index contributed by atoms with van der Waals surface area (Å²) < 4.78 is 25.1. The van der Waals surface area contributed by atoms with Crippen molar-refractivity contribution in [1.82, 2.24) is 0 Å². The summed E-state index contributed by atoms with van der Waals surface area (Å²) in [5.74, 6) is -0.935. The number of rotatable bonds is 6. The normalized spacial score (nSPS) is 10.2. The number of phosphoric acid groups is 1. The summed E-state index contributed by atoms with van der Waals surface area (Å²) in [6, 6.07) is 0. The molecule has 0 bridgehead atoms. The predicted molar refractivity (Wildman–Crippen MR) is 60.3 cm³/mol. The van der Waals surface area contributed by atoms with E-state index >= 15 is 0 Å². The second-order valence-corrected chi connectivity index (χ2v) is 4.33. The van der Waals surface area contributed by atoms with Crippen molar-refractivity contribution in [3.8, 4) is 0 Å². The van der Waals surface area contributed by atoms with E-state index < -0.39 is 13.8 Å². The van der Waals surface area contributed by atoms with E-state index in [1.165, 1.54) is 14.0 Å². The van der Waals surface area contributed by atoms with Crippen LogP contribution in [-0.4, -0.2) is 31.4 Å². The van der Waals surface area contributed by atoms with Crippen molar-refractivity contribution in [2.45, 2.75) is 20.8 Å². The Balaban J connectivity index is 0. The molecule has 0 unspecified atom stereocenters. The molecule has 1 N–H and O–H groups in total. The number of carboxylic acid groups (broad SMARTS) is 1. The average molecular weight is 254 g/mol. The minimum Gasteiger partial charge on any atom is -0.478 e. The molecule has 96 valence electrons. The van der Waals surface area contributed by atoms with Gasteiger partial charge in [-0.3, -0.25) is 13.6 Å². The maximum atomic E-state index is 11.1. The van der Waals surface area contributed by atoms with E-state index in [0.717, 1.165) is 0 Å². The van der Waals surface area contributed by atoms with Crippen LogP contribution >= 0.6 is 7.82 Å². The first-order valence-corrected chi connectivity index (χ1v) is 6.12. The highest BCUT2D eigenvalue weighted by Gasteiger charge is 2.22. The molecule has 0 saturated carbocycles. The molecule has 0 aromatic heterocycles. The van der Waals surface area contributed by atoms with Gasteiger partial charge in [0.25, 0.3) is 0 Å². The Hall–Kier alpha value is -0.680. The van der Waals surface area contributed by atoms with Crippen LogP contribution in [0.4, 0.5) is 0 Å². The number of carbonyl (C=O) groups is 1. The van der Waals surface area contributed by atoms with Gasteiger partial charge in [0.2, 0.25) is 0 Å². The van der Waals surface area contributed by atoms with E-state index in [0.29, 0.717) is 13.2 Å². The fraction of sp³-hybridized carbons (Fsp3) is 0.667. The molecule has 0 aromatic rings. The van der Waals surface area contributed by atoms with Crippen LogP contribution in [0.15, 0.2) is 12.2 Å². The lowest BCUT2D eigenvalue weighted by Crippen LogP contribution is -1.96. The minimum absolute atomic E-state index is 0.176. The van der Waals surface area contributed by atoms with E-state index in [1.54, 1.807) is 13.8 Å². The van der Waals surface area contributed by atoms with Crippen LogP contribution in [0.2, 0.25) is 0 Å². The predicted octanol–water partition coefficient (Wildman–Crippen LogP) is 2.46. The Labute approximate surface area is 95.8 Å². The van der Waals surface area contributed by atoms with E-state index in [2.05, 4.69) is 11.1 Å². The highest BCUT2D eigenvalue weighted by atomic mass is 31.2. The monoisotopic (exact) mass is 254 g/mol. The van der Waals surface area contributed by atoms with Gasteiger partial charge in [-0.2, -0.15) is 0 Å². The van der Waals surface area contributed by atoms with Gasteiger partial charge in [0.1, 0.15) is 0 Å². The molecular formula is C9H19O6P. The van der Waals surface area contributed by atoms with Crippen molar-refractivity contribution in [2.24, 2.45) is 0 Å². The van der Waals surface area contributed by atoms with Crippen LogP contribution in [0, 0.1) is 0 Å². The Kier molecular flexibility index (Phi) is 10.6. The zero-order chi connectivity index (χ0) is 13.2. The molecule has 0 rings (SSSR count). The molecule has 0 fully saturated rings. The first kappa shape index (κ1) is 17.7. The minimum atomic E-state index is -3.20. The molecule has 0 saturated heterocycles. The summed E-state index contributed by atoms with van der Waals surface area (Å²) in [5.41, 5.74) is 0.176. The fourth-order valence-electron chi connectivity index (χ4n) is 0.459. The van der Waals surface area contributed by atoms with Gasteiger partial charge in [-0.05, 0) is 20.8 Å². The van der Waals surface area contributed by atoms with E-state index in [1.807, 2.05) is 0 Å². The number of carboxylic acids is 1. The molecule has 0 heterocycles. The second-order valence-electron chi connectivity index (χ2n) is 2.55. The van der Waals surface area contributed by atoms with Crippen LogP contribution in [0.5, 0.6) is 0 Å². The smallest absolute Gasteiger partial charge is 0.474 e.